The lowest BCUT2D eigenvalue weighted by molar-refractivity contribution is 0.244. The van der Waals surface area contributed by atoms with Gasteiger partial charge in [0, 0.05) is 11.3 Å². The number of carbonyl (C=O) groups excluding carboxylic acids is 1. The number of aromatic nitrogens is 2. The van der Waals surface area contributed by atoms with Crippen LogP contribution in [0.4, 0.5) is 14.9 Å². The maximum Gasteiger partial charge on any atom is 0.326 e. The number of anilines is 1. The third-order valence-electron chi connectivity index (χ3n) is 5.65. The van der Waals surface area contributed by atoms with Crippen LogP contribution in [0.2, 0.25) is 0 Å². The minimum absolute atomic E-state index is 0.251. The topological polar surface area (TPSA) is 71.3 Å². The molecule has 3 aromatic carbocycles. The molecule has 2 amide bonds. The number of urea groups is 1. The third-order valence-corrected chi connectivity index (χ3v) is 5.65. The molecule has 0 bridgehead atoms. The van der Waals surface area contributed by atoms with Crippen LogP contribution in [-0.4, -0.2) is 16.2 Å². The molecule has 0 saturated heterocycles. The Bertz CT molecular complexity index is 1350. The maximum absolute atomic E-state index is 13.7. The Balaban J connectivity index is 1.65. The van der Waals surface area contributed by atoms with Gasteiger partial charge in [-0.25, -0.2) is 9.18 Å². The van der Waals surface area contributed by atoms with Crippen LogP contribution in [0.25, 0.3) is 17.0 Å². The number of halogens is 1. The van der Waals surface area contributed by atoms with Crippen LogP contribution in [0.1, 0.15) is 30.0 Å². The van der Waals surface area contributed by atoms with Gasteiger partial charge in [0.15, 0.2) is 0 Å². The van der Waals surface area contributed by atoms with Crippen molar-refractivity contribution in [3.8, 4) is 11.4 Å². The number of benzene rings is 3. The van der Waals surface area contributed by atoms with E-state index < -0.39 is 6.04 Å². The van der Waals surface area contributed by atoms with Crippen molar-refractivity contribution >= 4 is 17.3 Å². The second kappa shape index (κ2) is 8.35. The molecule has 1 N–H and O–H groups in total. The highest BCUT2D eigenvalue weighted by Gasteiger charge is 2.36. The van der Waals surface area contributed by atoms with E-state index >= 15 is 0 Å². The molecule has 1 unspecified atom stereocenters. The minimum Gasteiger partial charge on any atom is -0.334 e. The van der Waals surface area contributed by atoms with Gasteiger partial charge in [-0.3, -0.25) is 4.90 Å². The molecule has 33 heavy (non-hydrogen) atoms. The monoisotopic (exact) mass is 440 g/mol. The normalized spacial score (nSPS) is 16.2. The van der Waals surface area contributed by atoms with Crippen LogP contribution in [-0.2, 0) is 0 Å². The summed E-state index contributed by atoms with van der Waals surface area (Å²) in [4.78, 5) is 19.3. The first-order chi connectivity index (χ1) is 16.0. The molecule has 0 saturated carbocycles. The summed E-state index contributed by atoms with van der Waals surface area (Å²) in [6.45, 7) is 3.85. The van der Waals surface area contributed by atoms with Gasteiger partial charge in [-0.05, 0) is 43.7 Å². The van der Waals surface area contributed by atoms with Gasteiger partial charge in [-0.1, -0.05) is 65.3 Å². The van der Waals surface area contributed by atoms with E-state index in [1.807, 2.05) is 68.4 Å². The smallest absolute Gasteiger partial charge is 0.326 e. The second-order valence-corrected chi connectivity index (χ2v) is 7.90. The lowest BCUT2D eigenvalue weighted by atomic mass is 9.94. The van der Waals surface area contributed by atoms with E-state index in [2.05, 4.69) is 15.5 Å². The lowest BCUT2D eigenvalue weighted by Gasteiger charge is -2.35. The van der Waals surface area contributed by atoms with Crippen LogP contribution in [0.5, 0.6) is 0 Å². The third kappa shape index (κ3) is 3.89. The van der Waals surface area contributed by atoms with Crippen molar-refractivity contribution in [1.29, 1.82) is 0 Å². The molecule has 7 heteroatoms. The quantitative estimate of drug-likeness (QED) is 0.430. The van der Waals surface area contributed by atoms with Crippen molar-refractivity contribution in [2.24, 2.45) is 0 Å². The summed E-state index contributed by atoms with van der Waals surface area (Å²) in [7, 11) is 0. The highest BCUT2D eigenvalue weighted by molar-refractivity contribution is 6.01. The van der Waals surface area contributed by atoms with E-state index in [1.165, 1.54) is 12.1 Å². The molecule has 1 aliphatic heterocycles. The van der Waals surface area contributed by atoms with Gasteiger partial charge >= 0.3 is 6.03 Å². The van der Waals surface area contributed by atoms with Gasteiger partial charge in [0.05, 0.1) is 17.3 Å². The van der Waals surface area contributed by atoms with E-state index in [1.54, 1.807) is 17.0 Å². The highest BCUT2D eigenvalue weighted by atomic mass is 19.1. The Labute approximate surface area is 190 Å². The average molecular weight is 440 g/mol. The number of hydrogen-bond donors (Lipinski definition) is 1. The Kier molecular flexibility index (Phi) is 5.22. The molecular formula is C26H21FN4O2. The first-order valence-electron chi connectivity index (χ1n) is 10.5. The number of allylic oxidation sites excluding steroid dienone is 1. The Hall–Kier alpha value is -4.26. The standard InChI is InChI=1S/C26H21FN4O2/c1-16-11-13-21(14-12-16)31-17(2)22(23(28-26(31)32)18-7-4-3-5-8-18)25-29-24(30-33-25)19-9-6-10-20(27)15-19/h3-15,23H,1-2H3,(H,28,32). The molecule has 164 valence electrons. The van der Waals surface area contributed by atoms with Crippen LogP contribution < -0.4 is 10.2 Å². The van der Waals surface area contributed by atoms with E-state index in [-0.39, 0.29) is 23.6 Å². The summed E-state index contributed by atoms with van der Waals surface area (Å²) in [5, 5.41) is 7.15. The number of rotatable bonds is 4. The molecule has 1 atom stereocenters. The number of hydrogen-bond acceptors (Lipinski definition) is 4. The summed E-state index contributed by atoms with van der Waals surface area (Å²) in [5.41, 5.74) is 4.56. The van der Waals surface area contributed by atoms with Crippen molar-refractivity contribution in [2.75, 3.05) is 4.90 Å². The van der Waals surface area contributed by atoms with Gasteiger partial charge in [0.2, 0.25) is 5.82 Å². The Morgan fingerprint density at radius 1 is 0.970 bits per heavy atom. The summed E-state index contributed by atoms with van der Waals surface area (Å²) in [5.74, 6) is 0.153. The van der Waals surface area contributed by atoms with Gasteiger partial charge < -0.3 is 9.84 Å². The molecule has 5 rings (SSSR count). The fraction of sp³-hybridized carbons (Fsp3) is 0.115. The molecule has 4 aromatic rings. The van der Waals surface area contributed by atoms with Gasteiger partial charge in [0.1, 0.15) is 5.82 Å². The largest absolute Gasteiger partial charge is 0.334 e. The van der Waals surface area contributed by atoms with E-state index in [0.29, 0.717) is 16.8 Å². The van der Waals surface area contributed by atoms with Crippen LogP contribution >= 0.6 is 0 Å². The number of amides is 2. The molecule has 1 aromatic heterocycles. The Morgan fingerprint density at radius 2 is 1.73 bits per heavy atom. The number of nitrogens with one attached hydrogen (secondary N) is 1. The van der Waals surface area contributed by atoms with Gasteiger partial charge in [-0.15, -0.1) is 0 Å². The zero-order valence-electron chi connectivity index (χ0n) is 18.1. The average Bonchev–Trinajstić information content (AvgIpc) is 3.30. The SMILES string of the molecule is CC1=C(c2nc(-c3cccc(F)c3)no2)C(c2ccccc2)NC(=O)N1c1ccc(C)cc1. The summed E-state index contributed by atoms with van der Waals surface area (Å²) in [6.07, 6.45) is 0. The molecule has 0 fully saturated rings. The summed E-state index contributed by atoms with van der Waals surface area (Å²) >= 11 is 0. The predicted octanol–water partition coefficient (Wildman–Crippen LogP) is 5.89. The predicted molar refractivity (Wildman–Crippen MR) is 124 cm³/mol. The summed E-state index contributed by atoms with van der Waals surface area (Å²) in [6, 6.07) is 22.6. The van der Waals surface area contributed by atoms with Crippen molar-refractivity contribution < 1.29 is 13.7 Å². The number of nitrogens with zero attached hydrogens (tertiary/aromatic N) is 3. The zero-order valence-corrected chi connectivity index (χ0v) is 18.1. The first-order valence-corrected chi connectivity index (χ1v) is 10.5. The first kappa shape index (κ1) is 20.6. The number of carbonyl (C=O) groups is 1. The van der Waals surface area contributed by atoms with Crippen molar-refractivity contribution in [2.45, 2.75) is 19.9 Å². The maximum atomic E-state index is 13.7. The molecular weight excluding hydrogens is 419 g/mol. The zero-order chi connectivity index (χ0) is 22.9. The minimum atomic E-state index is -0.485. The molecule has 6 nitrogen and oxygen atoms in total. The van der Waals surface area contributed by atoms with Gasteiger partial charge in [0.25, 0.3) is 5.89 Å². The molecule has 2 heterocycles. The molecule has 1 aliphatic rings. The van der Waals surface area contributed by atoms with Crippen molar-refractivity contribution in [3.63, 3.8) is 0 Å². The van der Waals surface area contributed by atoms with E-state index in [0.717, 1.165) is 16.8 Å². The van der Waals surface area contributed by atoms with Crippen molar-refractivity contribution in [1.82, 2.24) is 15.5 Å². The van der Waals surface area contributed by atoms with Crippen LogP contribution in [0.3, 0.4) is 0 Å². The van der Waals surface area contributed by atoms with E-state index in [9.17, 15) is 9.18 Å². The van der Waals surface area contributed by atoms with Crippen LogP contribution in [0, 0.1) is 12.7 Å². The molecule has 0 aliphatic carbocycles. The van der Waals surface area contributed by atoms with E-state index in [4.69, 9.17) is 4.52 Å². The molecule has 0 spiro atoms. The number of aryl methyl sites for hydroxylation is 1. The van der Waals surface area contributed by atoms with Crippen LogP contribution in [0.15, 0.2) is 89.1 Å². The van der Waals surface area contributed by atoms with Crippen molar-refractivity contribution in [3.05, 3.63) is 107 Å². The summed E-state index contributed by atoms with van der Waals surface area (Å²) < 4.78 is 19.4. The fourth-order valence-electron chi connectivity index (χ4n) is 4.00. The Morgan fingerprint density at radius 3 is 2.45 bits per heavy atom. The van der Waals surface area contributed by atoms with Gasteiger partial charge in [-0.2, -0.15) is 4.98 Å². The second-order valence-electron chi connectivity index (χ2n) is 7.90. The fourth-order valence-corrected chi connectivity index (χ4v) is 4.00. The molecule has 0 radical (unpaired) electrons. The highest BCUT2D eigenvalue weighted by Crippen LogP contribution is 2.39. The lowest BCUT2D eigenvalue weighted by Crippen LogP contribution is -2.46.